The molecule has 0 aromatic heterocycles. The first kappa shape index (κ1) is 28.8. The maximum absolute atomic E-state index is 13.0. The smallest absolute Gasteiger partial charge is 0.246 e. The summed E-state index contributed by atoms with van der Waals surface area (Å²) in [5, 5.41) is 10.8. The summed E-state index contributed by atoms with van der Waals surface area (Å²) >= 11 is 0. The van der Waals surface area contributed by atoms with Crippen molar-refractivity contribution in [2.75, 3.05) is 39.6 Å². The SMILES string of the molecule is CN(C1CCN(S(C)(=O)=O)CC1)C(C)(C)C(=O)NC(=O)CC(=N)C(C)(C)COC1CCCCO1. The molecular weight excluding hydrogens is 460 g/mol. The molecular formula is C23H42N4O6S. The Hall–Kier alpha value is -1.40. The third kappa shape index (κ3) is 7.81. The molecule has 2 rings (SSSR count). The number of imide groups is 1. The van der Waals surface area contributed by atoms with Gasteiger partial charge in [-0.15, -0.1) is 0 Å². The largest absolute Gasteiger partial charge is 0.353 e. The fourth-order valence-electron chi connectivity index (χ4n) is 4.13. The van der Waals surface area contributed by atoms with E-state index >= 15 is 0 Å². The number of nitrogens with one attached hydrogen (secondary N) is 2. The van der Waals surface area contributed by atoms with Crippen molar-refractivity contribution < 1.29 is 27.5 Å². The van der Waals surface area contributed by atoms with Crippen LogP contribution in [0.2, 0.25) is 0 Å². The number of hydrogen-bond acceptors (Lipinski definition) is 8. The molecule has 34 heavy (non-hydrogen) atoms. The summed E-state index contributed by atoms with van der Waals surface area (Å²) in [4.78, 5) is 27.4. The van der Waals surface area contributed by atoms with Crippen molar-refractivity contribution in [3.63, 3.8) is 0 Å². The highest BCUT2D eigenvalue weighted by atomic mass is 32.2. The first-order valence-electron chi connectivity index (χ1n) is 12.0. The summed E-state index contributed by atoms with van der Waals surface area (Å²) in [7, 11) is -1.40. The van der Waals surface area contributed by atoms with E-state index in [0.29, 0.717) is 32.5 Å². The molecule has 0 aromatic carbocycles. The quantitative estimate of drug-likeness (QED) is 0.435. The van der Waals surface area contributed by atoms with Crippen LogP contribution in [0.5, 0.6) is 0 Å². The number of ether oxygens (including phenoxy) is 2. The molecule has 1 unspecified atom stereocenters. The Morgan fingerprint density at radius 3 is 2.29 bits per heavy atom. The van der Waals surface area contributed by atoms with Gasteiger partial charge in [0.2, 0.25) is 21.8 Å². The molecule has 2 aliphatic heterocycles. The first-order chi connectivity index (χ1) is 15.6. The lowest BCUT2D eigenvalue weighted by molar-refractivity contribution is -0.171. The van der Waals surface area contributed by atoms with Crippen LogP contribution in [0.3, 0.4) is 0 Å². The van der Waals surface area contributed by atoms with Gasteiger partial charge in [-0.25, -0.2) is 12.7 Å². The van der Waals surface area contributed by atoms with Gasteiger partial charge in [-0.2, -0.15) is 0 Å². The molecule has 10 nitrogen and oxygen atoms in total. The number of rotatable bonds is 10. The van der Waals surface area contributed by atoms with Gasteiger partial charge in [-0.1, -0.05) is 13.8 Å². The van der Waals surface area contributed by atoms with Gasteiger partial charge in [0.1, 0.15) is 0 Å². The molecule has 2 saturated heterocycles. The maximum atomic E-state index is 13.0. The Labute approximate surface area is 204 Å². The van der Waals surface area contributed by atoms with Crippen molar-refractivity contribution in [2.24, 2.45) is 5.41 Å². The molecule has 0 bridgehead atoms. The van der Waals surface area contributed by atoms with Crippen molar-refractivity contribution in [2.45, 2.75) is 84.1 Å². The van der Waals surface area contributed by atoms with Crippen LogP contribution in [0.4, 0.5) is 0 Å². The predicted octanol–water partition coefficient (Wildman–Crippen LogP) is 1.74. The molecule has 0 aliphatic carbocycles. The van der Waals surface area contributed by atoms with Crippen molar-refractivity contribution in [3.8, 4) is 0 Å². The van der Waals surface area contributed by atoms with Crippen molar-refractivity contribution in [1.82, 2.24) is 14.5 Å². The number of carbonyl (C=O) groups is 2. The molecule has 0 saturated carbocycles. The lowest BCUT2D eigenvalue weighted by atomic mass is 9.86. The molecule has 0 aromatic rings. The normalized spacial score (nSPS) is 21.4. The Balaban J connectivity index is 1.85. The van der Waals surface area contributed by atoms with Gasteiger partial charge < -0.3 is 14.9 Å². The molecule has 1 atom stereocenters. The Bertz CT molecular complexity index is 844. The number of amides is 2. The molecule has 2 amide bonds. The zero-order valence-electron chi connectivity index (χ0n) is 21.5. The van der Waals surface area contributed by atoms with Crippen LogP contribution in [0.1, 0.15) is 66.2 Å². The Morgan fingerprint density at radius 2 is 1.76 bits per heavy atom. The van der Waals surface area contributed by atoms with Gasteiger partial charge in [0.15, 0.2) is 6.29 Å². The van der Waals surface area contributed by atoms with Gasteiger partial charge in [-0.3, -0.25) is 19.8 Å². The van der Waals surface area contributed by atoms with Crippen LogP contribution < -0.4 is 5.32 Å². The summed E-state index contributed by atoms with van der Waals surface area (Å²) in [6.07, 6.45) is 4.86. The van der Waals surface area contributed by atoms with E-state index in [2.05, 4.69) is 5.32 Å². The predicted molar refractivity (Wildman–Crippen MR) is 130 cm³/mol. The average Bonchev–Trinajstić information content (AvgIpc) is 2.77. The molecule has 2 N–H and O–H groups in total. The van der Waals surface area contributed by atoms with Crippen molar-refractivity contribution in [3.05, 3.63) is 0 Å². The van der Waals surface area contributed by atoms with E-state index < -0.39 is 32.8 Å². The number of hydrogen-bond donors (Lipinski definition) is 2. The summed E-state index contributed by atoms with van der Waals surface area (Å²) in [6.45, 7) is 8.92. The number of likely N-dealkylation sites (N-methyl/N-ethyl adjacent to an activating group) is 1. The van der Waals surface area contributed by atoms with Gasteiger partial charge in [0.25, 0.3) is 0 Å². The van der Waals surface area contributed by atoms with E-state index in [0.717, 1.165) is 19.3 Å². The average molecular weight is 503 g/mol. The van der Waals surface area contributed by atoms with Crippen molar-refractivity contribution in [1.29, 1.82) is 5.41 Å². The van der Waals surface area contributed by atoms with Crippen LogP contribution in [0.15, 0.2) is 0 Å². The third-order valence-electron chi connectivity index (χ3n) is 7.05. The summed E-state index contributed by atoms with van der Waals surface area (Å²) < 4.78 is 36.3. The Morgan fingerprint density at radius 1 is 1.15 bits per heavy atom. The Kier molecular flexibility index (Phi) is 9.80. The molecule has 196 valence electrons. The fraction of sp³-hybridized carbons (Fsp3) is 0.870. The first-order valence-corrected chi connectivity index (χ1v) is 13.8. The molecule has 0 spiro atoms. The van der Waals surface area contributed by atoms with E-state index in [1.54, 1.807) is 13.8 Å². The summed E-state index contributed by atoms with van der Waals surface area (Å²) in [6, 6.07) is 0.0187. The topological polar surface area (TPSA) is 129 Å². The monoisotopic (exact) mass is 502 g/mol. The van der Waals surface area contributed by atoms with E-state index in [1.807, 2.05) is 25.8 Å². The van der Waals surface area contributed by atoms with E-state index in [-0.39, 0.29) is 31.1 Å². The lowest BCUT2D eigenvalue weighted by Gasteiger charge is -2.43. The van der Waals surface area contributed by atoms with Crippen molar-refractivity contribution >= 4 is 27.5 Å². The zero-order chi connectivity index (χ0) is 25.7. The van der Waals surface area contributed by atoms with E-state index in [1.165, 1.54) is 10.6 Å². The highest BCUT2D eigenvalue weighted by molar-refractivity contribution is 7.88. The minimum atomic E-state index is -3.22. The number of nitrogens with zero attached hydrogens (tertiary/aromatic N) is 2. The number of piperidine rings is 1. The van der Waals surface area contributed by atoms with Gasteiger partial charge in [0, 0.05) is 36.9 Å². The van der Waals surface area contributed by atoms with Gasteiger partial charge in [0.05, 0.1) is 24.8 Å². The standard InChI is InChI=1S/C23H42N4O6S/c1-22(2,16-33-20-9-7-8-14-32-20)18(24)15-19(28)25-21(29)23(3,4)26(5)17-10-12-27(13-11-17)34(6,30)31/h17,20,24H,7-16H2,1-6H3,(H,25,28,29). The second kappa shape index (κ2) is 11.6. The zero-order valence-corrected chi connectivity index (χ0v) is 22.3. The van der Waals surface area contributed by atoms with Crippen LogP contribution >= 0.6 is 0 Å². The second-order valence-electron chi connectivity index (χ2n) is 10.6. The third-order valence-corrected chi connectivity index (χ3v) is 8.36. The number of carbonyl (C=O) groups excluding carboxylic acids is 2. The van der Waals surface area contributed by atoms with Crippen LogP contribution in [-0.2, 0) is 29.1 Å². The van der Waals surface area contributed by atoms with E-state index in [9.17, 15) is 18.0 Å². The second-order valence-corrected chi connectivity index (χ2v) is 12.6. The van der Waals surface area contributed by atoms with Crippen LogP contribution in [-0.4, -0.2) is 92.6 Å². The van der Waals surface area contributed by atoms with Crippen LogP contribution in [0.25, 0.3) is 0 Å². The van der Waals surface area contributed by atoms with E-state index in [4.69, 9.17) is 14.9 Å². The van der Waals surface area contributed by atoms with Gasteiger partial charge in [-0.05, 0) is 53.0 Å². The highest BCUT2D eigenvalue weighted by Crippen LogP contribution is 2.25. The molecule has 11 heteroatoms. The molecule has 2 fully saturated rings. The van der Waals surface area contributed by atoms with Crippen LogP contribution in [0, 0.1) is 10.8 Å². The minimum absolute atomic E-state index is 0.0187. The lowest BCUT2D eigenvalue weighted by Crippen LogP contribution is -2.59. The molecule has 2 heterocycles. The van der Waals surface area contributed by atoms with Gasteiger partial charge >= 0.3 is 0 Å². The maximum Gasteiger partial charge on any atom is 0.246 e. The summed E-state index contributed by atoms with van der Waals surface area (Å²) in [5.41, 5.74) is -1.46. The fourth-order valence-corrected chi connectivity index (χ4v) is 5.01. The molecule has 0 radical (unpaired) electrons. The molecule has 2 aliphatic rings. The number of sulfonamides is 1. The summed E-state index contributed by atoms with van der Waals surface area (Å²) in [5.74, 6) is -0.964. The highest BCUT2D eigenvalue weighted by Gasteiger charge is 2.39. The minimum Gasteiger partial charge on any atom is -0.353 e.